The zero-order valence-electron chi connectivity index (χ0n) is 16.7. The Morgan fingerprint density at radius 2 is 1.93 bits per heavy atom. The molecule has 0 radical (unpaired) electrons. The van der Waals surface area contributed by atoms with Crippen molar-refractivity contribution < 1.29 is 28.3 Å². The lowest BCUT2D eigenvalue weighted by atomic mass is 10.1. The van der Waals surface area contributed by atoms with Crippen molar-refractivity contribution >= 4 is 34.4 Å². The van der Waals surface area contributed by atoms with E-state index < -0.39 is 18.5 Å². The maximum Gasteiger partial charge on any atom is 0.310 e. The van der Waals surface area contributed by atoms with Gasteiger partial charge in [0.1, 0.15) is 11.3 Å². The molecule has 3 aromatic rings. The molecule has 2 N–H and O–H groups in total. The Morgan fingerprint density at radius 1 is 1.10 bits per heavy atom. The van der Waals surface area contributed by atoms with Crippen molar-refractivity contribution in [2.75, 3.05) is 25.6 Å². The Morgan fingerprint density at radius 3 is 2.70 bits per heavy atom. The fourth-order valence-electron chi connectivity index (χ4n) is 2.88. The van der Waals surface area contributed by atoms with E-state index in [4.69, 9.17) is 13.9 Å². The van der Waals surface area contributed by atoms with Gasteiger partial charge in [-0.15, -0.1) is 0 Å². The number of esters is 1. The third-order valence-corrected chi connectivity index (χ3v) is 4.31. The SMILES string of the molecule is CCNC(=O)c1cccc(NC(=O)COC(=O)Cc2coc3cc(OC)ccc23)c1. The summed E-state index contributed by atoms with van der Waals surface area (Å²) in [6.45, 7) is 1.89. The summed E-state index contributed by atoms with van der Waals surface area (Å²) in [5.74, 6) is -0.637. The van der Waals surface area contributed by atoms with Gasteiger partial charge in [-0.2, -0.15) is 0 Å². The van der Waals surface area contributed by atoms with Crippen LogP contribution in [0.4, 0.5) is 5.69 Å². The molecule has 156 valence electrons. The molecule has 0 bridgehead atoms. The van der Waals surface area contributed by atoms with Gasteiger partial charge in [-0.3, -0.25) is 14.4 Å². The Hall–Kier alpha value is -3.81. The van der Waals surface area contributed by atoms with Crippen LogP contribution in [0.1, 0.15) is 22.8 Å². The predicted molar refractivity (Wildman–Crippen MR) is 111 cm³/mol. The zero-order valence-corrected chi connectivity index (χ0v) is 16.7. The number of fused-ring (bicyclic) bond motifs is 1. The topological polar surface area (TPSA) is 107 Å². The van der Waals surface area contributed by atoms with Crippen molar-refractivity contribution in [2.45, 2.75) is 13.3 Å². The highest BCUT2D eigenvalue weighted by Crippen LogP contribution is 2.26. The molecular weight excluding hydrogens is 388 g/mol. The third-order valence-electron chi connectivity index (χ3n) is 4.31. The van der Waals surface area contributed by atoms with Crippen LogP contribution in [0.15, 0.2) is 53.1 Å². The second-order valence-electron chi connectivity index (χ2n) is 6.45. The first-order chi connectivity index (χ1) is 14.5. The molecule has 0 aliphatic rings. The highest BCUT2D eigenvalue weighted by molar-refractivity contribution is 5.97. The second kappa shape index (κ2) is 9.60. The molecule has 0 aliphatic carbocycles. The molecule has 8 heteroatoms. The molecule has 0 saturated carbocycles. The van der Waals surface area contributed by atoms with Crippen LogP contribution < -0.4 is 15.4 Å². The predicted octanol–water partition coefficient (Wildman–Crippen LogP) is 2.92. The molecule has 0 saturated heterocycles. The number of nitrogens with one attached hydrogen (secondary N) is 2. The summed E-state index contributed by atoms with van der Waals surface area (Å²) in [5, 5.41) is 6.07. The Bertz CT molecular complexity index is 1070. The maximum atomic E-state index is 12.1. The van der Waals surface area contributed by atoms with E-state index in [1.807, 2.05) is 6.92 Å². The molecular formula is C22H22N2O6. The quantitative estimate of drug-likeness (QED) is 0.553. The average molecular weight is 410 g/mol. The smallest absolute Gasteiger partial charge is 0.310 e. The van der Waals surface area contributed by atoms with Crippen LogP contribution in [0.2, 0.25) is 0 Å². The summed E-state index contributed by atoms with van der Waals surface area (Å²) < 4.78 is 15.6. The van der Waals surface area contributed by atoms with E-state index in [0.29, 0.717) is 34.7 Å². The van der Waals surface area contributed by atoms with Gasteiger partial charge >= 0.3 is 5.97 Å². The molecule has 8 nitrogen and oxygen atoms in total. The number of amides is 2. The largest absolute Gasteiger partial charge is 0.497 e. The molecule has 0 unspecified atom stereocenters. The van der Waals surface area contributed by atoms with E-state index in [9.17, 15) is 14.4 Å². The molecule has 2 amide bonds. The van der Waals surface area contributed by atoms with Crippen LogP contribution >= 0.6 is 0 Å². The fraction of sp³-hybridized carbons (Fsp3) is 0.227. The van der Waals surface area contributed by atoms with Crippen molar-refractivity contribution in [3.05, 3.63) is 59.9 Å². The molecule has 0 spiro atoms. The van der Waals surface area contributed by atoms with Crippen molar-refractivity contribution in [3.8, 4) is 5.75 Å². The first-order valence-corrected chi connectivity index (χ1v) is 9.38. The minimum Gasteiger partial charge on any atom is -0.497 e. The number of ether oxygens (including phenoxy) is 2. The van der Waals surface area contributed by atoms with Crippen LogP contribution in [0.5, 0.6) is 5.75 Å². The second-order valence-corrected chi connectivity index (χ2v) is 6.45. The minimum atomic E-state index is -0.556. The Kier molecular flexibility index (Phi) is 6.69. The number of carbonyl (C=O) groups excluding carboxylic acids is 3. The lowest BCUT2D eigenvalue weighted by Gasteiger charge is -2.08. The standard InChI is InChI=1S/C22H22N2O6/c1-3-23-22(27)14-5-4-6-16(9-14)24-20(25)13-30-21(26)10-15-12-29-19-11-17(28-2)7-8-18(15)19/h4-9,11-12H,3,10,13H2,1-2H3,(H,23,27)(H,24,25). The first-order valence-electron chi connectivity index (χ1n) is 9.38. The van der Waals surface area contributed by atoms with Gasteiger partial charge in [0.15, 0.2) is 6.61 Å². The van der Waals surface area contributed by atoms with Gasteiger partial charge in [0.25, 0.3) is 11.8 Å². The van der Waals surface area contributed by atoms with E-state index in [1.54, 1.807) is 49.6 Å². The summed E-state index contributed by atoms with van der Waals surface area (Å²) in [4.78, 5) is 36.1. The van der Waals surface area contributed by atoms with Crippen LogP contribution in [-0.4, -0.2) is 38.0 Å². The van der Waals surface area contributed by atoms with E-state index in [2.05, 4.69) is 10.6 Å². The van der Waals surface area contributed by atoms with E-state index in [-0.39, 0.29) is 12.3 Å². The van der Waals surface area contributed by atoms with Crippen molar-refractivity contribution in [1.29, 1.82) is 0 Å². The van der Waals surface area contributed by atoms with E-state index in [0.717, 1.165) is 5.39 Å². The first kappa shape index (κ1) is 20.9. The molecule has 2 aromatic carbocycles. The molecule has 1 aromatic heterocycles. The summed E-state index contributed by atoms with van der Waals surface area (Å²) in [6.07, 6.45) is 1.46. The van der Waals surface area contributed by atoms with Gasteiger partial charge in [0.05, 0.1) is 19.8 Å². The molecule has 0 atom stereocenters. The number of rotatable bonds is 8. The van der Waals surface area contributed by atoms with Crippen LogP contribution in [0.3, 0.4) is 0 Å². The van der Waals surface area contributed by atoms with E-state index >= 15 is 0 Å². The molecule has 0 aliphatic heterocycles. The zero-order chi connectivity index (χ0) is 21.5. The summed E-state index contributed by atoms with van der Waals surface area (Å²) in [7, 11) is 1.56. The van der Waals surface area contributed by atoms with Crippen LogP contribution in [0.25, 0.3) is 11.0 Å². The number of furan rings is 1. The number of benzene rings is 2. The van der Waals surface area contributed by atoms with Gasteiger partial charge in [-0.25, -0.2) is 0 Å². The van der Waals surface area contributed by atoms with Crippen molar-refractivity contribution in [1.82, 2.24) is 5.32 Å². The number of carbonyl (C=O) groups is 3. The number of hydrogen-bond donors (Lipinski definition) is 2. The average Bonchev–Trinajstić information content (AvgIpc) is 3.14. The van der Waals surface area contributed by atoms with Crippen LogP contribution in [0, 0.1) is 0 Å². The summed E-state index contributed by atoms with van der Waals surface area (Å²) in [6, 6.07) is 11.8. The highest BCUT2D eigenvalue weighted by Gasteiger charge is 2.14. The van der Waals surface area contributed by atoms with Gasteiger partial charge in [-0.05, 0) is 37.3 Å². The van der Waals surface area contributed by atoms with E-state index in [1.165, 1.54) is 6.26 Å². The van der Waals surface area contributed by atoms with Gasteiger partial charge < -0.3 is 24.5 Å². The fourth-order valence-corrected chi connectivity index (χ4v) is 2.88. The molecule has 30 heavy (non-hydrogen) atoms. The van der Waals surface area contributed by atoms with Gasteiger partial charge in [-0.1, -0.05) is 6.07 Å². The molecule has 0 fully saturated rings. The minimum absolute atomic E-state index is 0.0285. The summed E-state index contributed by atoms with van der Waals surface area (Å²) >= 11 is 0. The number of methoxy groups -OCH3 is 1. The van der Waals surface area contributed by atoms with Gasteiger partial charge in [0, 0.05) is 34.8 Å². The van der Waals surface area contributed by atoms with Crippen molar-refractivity contribution in [2.24, 2.45) is 0 Å². The third kappa shape index (κ3) is 5.16. The summed E-state index contributed by atoms with van der Waals surface area (Å²) in [5.41, 5.74) is 2.12. The number of anilines is 1. The lowest BCUT2D eigenvalue weighted by molar-refractivity contribution is -0.146. The Labute approximate surface area is 173 Å². The van der Waals surface area contributed by atoms with Crippen LogP contribution in [-0.2, 0) is 20.7 Å². The monoisotopic (exact) mass is 410 g/mol. The normalized spacial score (nSPS) is 10.5. The van der Waals surface area contributed by atoms with Crippen molar-refractivity contribution in [3.63, 3.8) is 0 Å². The highest BCUT2D eigenvalue weighted by atomic mass is 16.5. The lowest BCUT2D eigenvalue weighted by Crippen LogP contribution is -2.24. The maximum absolute atomic E-state index is 12.1. The van der Waals surface area contributed by atoms with Gasteiger partial charge in [0.2, 0.25) is 0 Å². The molecule has 3 rings (SSSR count). The molecule has 1 heterocycles. The Balaban J connectivity index is 1.53. The number of hydrogen-bond acceptors (Lipinski definition) is 6.